The summed E-state index contributed by atoms with van der Waals surface area (Å²) in [7, 11) is 0. The van der Waals surface area contributed by atoms with Crippen molar-refractivity contribution in [3.05, 3.63) is 44.5 Å². The van der Waals surface area contributed by atoms with Crippen LogP contribution in [0, 0.1) is 19.8 Å². The smallest absolute Gasteiger partial charge is 0.279 e. The van der Waals surface area contributed by atoms with Gasteiger partial charge in [-0.3, -0.25) is 20.4 Å². The molecule has 0 fully saturated rings. The predicted molar refractivity (Wildman–Crippen MR) is 88.6 cm³/mol. The van der Waals surface area contributed by atoms with Gasteiger partial charge in [-0.05, 0) is 56.7 Å². The Labute approximate surface area is 139 Å². The number of hydrazine groups is 1. The van der Waals surface area contributed by atoms with Crippen molar-refractivity contribution in [2.45, 2.75) is 40.0 Å². The number of rotatable bonds is 2. The van der Waals surface area contributed by atoms with E-state index in [2.05, 4.69) is 17.8 Å². The van der Waals surface area contributed by atoms with E-state index in [1.54, 1.807) is 19.9 Å². The van der Waals surface area contributed by atoms with Gasteiger partial charge in [0.05, 0.1) is 10.4 Å². The number of furan rings is 1. The van der Waals surface area contributed by atoms with Gasteiger partial charge in [0.25, 0.3) is 11.8 Å². The zero-order valence-electron chi connectivity index (χ0n) is 13.5. The molecule has 2 aromatic rings. The van der Waals surface area contributed by atoms with Crippen molar-refractivity contribution < 1.29 is 14.0 Å². The predicted octanol–water partition coefficient (Wildman–Crippen LogP) is 3.16. The van der Waals surface area contributed by atoms with Gasteiger partial charge in [0.2, 0.25) is 0 Å². The number of thiophene rings is 1. The lowest BCUT2D eigenvalue weighted by molar-refractivity contribution is 0.0848. The number of hydrogen-bond acceptors (Lipinski definition) is 4. The van der Waals surface area contributed by atoms with E-state index in [9.17, 15) is 9.59 Å². The number of carbonyl (C=O) groups excluding carboxylic acids is 2. The number of hydrogen-bond donors (Lipinski definition) is 2. The second-order valence-corrected chi connectivity index (χ2v) is 7.28. The Morgan fingerprint density at radius 2 is 1.96 bits per heavy atom. The lowest BCUT2D eigenvalue weighted by Crippen LogP contribution is -2.41. The molecule has 0 aromatic carbocycles. The average molecular weight is 332 g/mol. The van der Waals surface area contributed by atoms with Crippen LogP contribution in [0.5, 0.6) is 0 Å². The number of fused-ring (bicyclic) bond motifs is 1. The molecule has 1 aliphatic carbocycles. The van der Waals surface area contributed by atoms with E-state index in [1.807, 2.05) is 6.07 Å². The molecule has 122 valence electrons. The fourth-order valence-corrected chi connectivity index (χ4v) is 4.02. The van der Waals surface area contributed by atoms with E-state index >= 15 is 0 Å². The van der Waals surface area contributed by atoms with Crippen molar-refractivity contribution in [1.29, 1.82) is 0 Å². The van der Waals surface area contributed by atoms with Gasteiger partial charge >= 0.3 is 0 Å². The lowest BCUT2D eigenvalue weighted by Gasteiger charge is -2.16. The summed E-state index contributed by atoms with van der Waals surface area (Å²) in [5, 5.41) is 0. The Morgan fingerprint density at radius 1 is 1.22 bits per heavy atom. The third kappa shape index (κ3) is 3.32. The van der Waals surface area contributed by atoms with Gasteiger partial charge in [-0.25, -0.2) is 0 Å². The van der Waals surface area contributed by atoms with Crippen LogP contribution in [-0.2, 0) is 12.8 Å². The second kappa shape index (κ2) is 6.20. The lowest BCUT2D eigenvalue weighted by atomic mass is 9.90. The quantitative estimate of drug-likeness (QED) is 0.830. The van der Waals surface area contributed by atoms with Gasteiger partial charge in [-0.2, -0.15) is 0 Å². The molecule has 0 unspecified atom stereocenters. The standard InChI is InChI=1S/C17H20N2O3S/c1-9-4-5-14-12(6-9)8-15(23-14)17(21)19-18-16(20)13-7-10(2)22-11(13)3/h7-9H,4-6H2,1-3H3,(H,18,20)(H,19,21)/t9-/m1/s1. The van der Waals surface area contributed by atoms with Crippen LogP contribution in [-0.4, -0.2) is 11.8 Å². The molecule has 1 atom stereocenters. The summed E-state index contributed by atoms with van der Waals surface area (Å²) in [5.74, 6) is 1.22. The molecule has 0 spiro atoms. The van der Waals surface area contributed by atoms with Crippen molar-refractivity contribution >= 4 is 23.2 Å². The van der Waals surface area contributed by atoms with Crippen LogP contribution < -0.4 is 10.9 Å². The molecule has 1 aliphatic rings. The van der Waals surface area contributed by atoms with Crippen molar-refractivity contribution in [2.24, 2.45) is 5.92 Å². The van der Waals surface area contributed by atoms with Gasteiger partial charge in [-0.15, -0.1) is 11.3 Å². The average Bonchev–Trinajstić information content (AvgIpc) is 3.06. The highest BCUT2D eigenvalue weighted by Gasteiger charge is 2.21. The summed E-state index contributed by atoms with van der Waals surface area (Å²) >= 11 is 1.52. The number of amides is 2. The van der Waals surface area contributed by atoms with Gasteiger partial charge in [0, 0.05) is 4.88 Å². The highest BCUT2D eigenvalue weighted by Crippen LogP contribution is 2.32. The SMILES string of the molecule is Cc1cc(C(=O)NNC(=O)c2cc3c(s2)CC[C@@H](C)C3)c(C)o1. The zero-order chi connectivity index (χ0) is 16.6. The Bertz CT molecular complexity index is 760. The van der Waals surface area contributed by atoms with Crippen molar-refractivity contribution in [3.63, 3.8) is 0 Å². The zero-order valence-corrected chi connectivity index (χ0v) is 14.3. The van der Waals surface area contributed by atoms with Crippen LogP contribution in [0.4, 0.5) is 0 Å². The molecule has 0 radical (unpaired) electrons. The molecule has 5 nitrogen and oxygen atoms in total. The molecular weight excluding hydrogens is 312 g/mol. The van der Waals surface area contributed by atoms with E-state index in [-0.39, 0.29) is 11.8 Å². The molecule has 2 N–H and O–H groups in total. The first-order valence-electron chi connectivity index (χ1n) is 7.73. The van der Waals surface area contributed by atoms with Gasteiger partial charge < -0.3 is 4.42 Å². The molecular formula is C17H20N2O3S. The molecule has 3 rings (SSSR count). The highest BCUT2D eigenvalue weighted by molar-refractivity contribution is 7.14. The summed E-state index contributed by atoms with van der Waals surface area (Å²) in [5.41, 5.74) is 6.64. The molecule has 2 amide bonds. The van der Waals surface area contributed by atoms with Gasteiger partial charge in [0.1, 0.15) is 11.5 Å². The van der Waals surface area contributed by atoms with Gasteiger partial charge in [0.15, 0.2) is 0 Å². The molecule has 2 aromatic heterocycles. The summed E-state index contributed by atoms with van der Waals surface area (Å²) in [6.45, 7) is 5.73. The highest BCUT2D eigenvalue weighted by atomic mass is 32.1. The van der Waals surface area contributed by atoms with Crippen molar-refractivity contribution in [2.75, 3.05) is 0 Å². The van der Waals surface area contributed by atoms with Crippen molar-refractivity contribution in [1.82, 2.24) is 10.9 Å². The molecule has 6 heteroatoms. The minimum Gasteiger partial charge on any atom is -0.466 e. The summed E-state index contributed by atoms with van der Waals surface area (Å²) < 4.78 is 5.32. The maximum absolute atomic E-state index is 12.2. The van der Waals surface area contributed by atoms with E-state index in [1.165, 1.54) is 28.2 Å². The maximum atomic E-state index is 12.2. The van der Waals surface area contributed by atoms with E-state index in [0.717, 1.165) is 12.8 Å². The van der Waals surface area contributed by atoms with Crippen LogP contribution in [0.1, 0.15) is 55.3 Å². The van der Waals surface area contributed by atoms with E-state index in [0.29, 0.717) is 27.9 Å². The van der Waals surface area contributed by atoms with Crippen LogP contribution in [0.15, 0.2) is 16.5 Å². The topological polar surface area (TPSA) is 71.3 Å². The normalized spacial score (nSPS) is 16.7. The first kappa shape index (κ1) is 15.8. The maximum Gasteiger partial charge on any atom is 0.279 e. The first-order valence-corrected chi connectivity index (χ1v) is 8.55. The summed E-state index contributed by atoms with van der Waals surface area (Å²) in [6.07, 6.45) is 3.23. The number of carbonyl (C=O) groups is 2. The van der Waals surface area contributed by atoms with Crippen LogP contribution in [0.2, 0.25) is 0 Å². The van der Waals surface area contributed by atoms with E-state index < -0.39 is 0 Å². The largest absolute Gasteiger partial charge is 0.466 e. The molecule has 2 heterocycles. The fraction of sp³-hybridized carbons (Fsp3) is 0.412. The van der Waals surface area contributed by atoms with E-state index in [4.69, 9.17) is 4.42 Å². The third-order valence-electron chi connectivity index (χ3n) is 4.13. The Hall–Kier alpha value is -2.08. The second-order valence-electron chi connectivity index (χ2n) is 6.14. The van der Waals surface area contributed by atoms with Crippen LogP contribution in [0.25, 0.3) is 0 Å². The summed E-state index contributed by atoms with van der Waals surface area (Å²) in [4.78, 5) is 26.2. The third-order valence-corrected chi connectivity index (χ3v) is 5.36. The Morgan fingerprint density at radius 3 is 2.65 bits per heavy atom. The first-order chi connectivity index (χ1) is 10.9. The minimum absolute atomic E-state index is 0.275. The molecule has 23 heavy (non-hydrogen) atoms. The van der Waals surface area contributed by atoms with Crippen LogP contribution in [0.3, 0.4) is 0 Å². The summed E-state index contributed by atoms with van der Waals surface area (Å²) in [6, 6.07) is 3.60. The molecule has 0 saturated carbocycles. The van der Waals surface area contributed by atoms with Crippen molar-refractivity contribution in [3.8, 4) is 0 Å². The minimum atomic E-state index is -0.373. The Balaban J connectivity index is 1.64. The monoisotopic (exact) mass is 332 g/mol. The fourth-order valence-electron chi connectivity index (χ4n) is 2.92. The number of aryl methyl sites for hydroxylation is 3. The van der Waals surface area contributed by atoms with Crippen LogP contribution >= 0.6 is 11.3 Å². The van der Waals surface area contributed by atoms with Gasteiger partial charge in [-0.1, -0.05) is 6.92 Å². The number of nitrogens with one attached hydrogen (secondary N) is 2. The molecule has 0 saturated heterocycles. The molecule has 0 aliphatic heterocycles. The molecule has 0 bridgehead atoms. The Kier molecular flexibility index (Phi) is 4.26.